The van der Waals surface area contributed by atoms with Gasteiger partial charge < -0.3 is 9.30 Å². The van der Waals surface area contributed by atoms with Crippen LogP contribution in [0.5, 0.6) is 0 Å². The lowest BCUT2D eigenvalue weighted by Crippen LogP contribution is -2.47. The predicted molar refractivity (Wildman–Crippen MR) is 82.3 cm³/mol. The van der Waals surface area contributed by atoms with Crippen LogP contribution in [-0.4, -0.2) is 49.5 Å². The fourth-order valence-electron chi connectivity index (χ4n) is 3.92. The highest BCUT2D eigenvalue weighted by Gasteiger charge is 2.43. The van der Waals surface area contributed by atoms with Gasteiger partial charge in [-0.25, -0.2) is 4.98 Å². The van der Waals surface area contributed by atoms with Crippen molar-refractivity contribution in [1.82, 2.24) is 24.2 Å². The van der Waals surface area contributed by atoms with E-state index in [1.165, 1.54) is 18.4 Å². The van der Waals surface area contributed by atoms with Gasteiger partial charge in [0.15, 0.2) is 0 Å². The molecule has 2 saturated heterocycles. The number of hydrogen-bond acceptors (Lipinski definition) is 4. The Balaban J connectivity index is 1.42. The van der Waals surface area contributed by atoms with Gasteiger partial charge in [-0.3, -0.25) is 9.58 Å². The molecule has 0 amide bonds. The first-order valence-corrected chi connectivity index (χ1v) is 8.04. The van der Waals surface area contributed by atoms with E-state index in [2.05, 4.69) is 25.7 Å². The van der Waals surface area contributed by atoms with E-state index in [4.69, 9.17) is 4.74 Å². The van der Waals surface area contributed by atoms with Gasteiger partial charge in [0.1, 0.15) is 0 Å². The van der Waals surface area contributed by atoms with Gasteiger partial charge >= 0.3 is 0 Å². The largest absolute Gasteiger partial charge is 0.371 e. The number of aryl methyl sites for hydroxylation is 1. The third kappa shape index (κ3) is 2.68. The zero-order chi connectivity index (χ0) is 15.0. The van der Waals surface area contributed by atoms with Crippen LogP contribution in [0.15, 0.2) is 31.1 Å². The Morgan fingerprint density at radius 2 is 2.41 bits per heavy atom. The Morgan fingerprint density at radius 3 is 3.18 bits per heavy atom. The maximum Gasteiger partial charge on any atom is 0.0949 e. The van der Waals surface area contributed by atoms with Gasteiger partial charge in [-0.1, -0.05) is 0 Å². The first-order chi connectivity index (χ1) is 10.7. The van der Waals surface area contributed by atoms with Crippen molar-refractivity contribution in [2.45, 2.75) is 37.5 Å². The zero-order valence-corrected chi connectivity index (χ0v) is 13.1. The number of ether oxygens (including phenoxy) is 1. The molecule has 0 aliphatic carbocycles. The topological polar surface area (TPSA) is 48.1 Å². The van der Waals surface area contributed by atoms with Crippen LogP contribution >= 0.6 is 0 Å². The molecule has 1 spiro atoms. The molecule has 2 aromatic rings. The molecule has 6 nitrogen and oxygen atoms in total. The minimum Gasteiger partial charge on any atom is -0.371 e. The van der Waals surface area contributed by atoms with Crippen LogP contribution in [0.3, 0.4) is 0 Å². The lowest BCUT2D eigenvalue weighted by Gasteiger charge is -2.39. The molecule has 2 aliphatic rings. The molecule has 22 heavy (non-hydrogen) atoms. The van der Waals surface area contributed by atoms with Gasteiger partial charge in [0.2, 0.25) is 0 Å². The van der Waals surface area contributed by atoms with E-state index < -0.39 is 0 Å². The van der Waals surface area contributed by atoms with Crippen molar-refractivity contribution in [2.24, 2.45) is 7.05 Å². The minimum atomic E-state index is 0.0232. The second-order valence-electron chi connectivity index (χ2n) is 6.70. The summed E-state index contributed by atoms with van der Waals surface area (Å²) in [6.45, 7) is 3.94. The van der Waals surface area contributed by atoms with Gasteiger partial charge in [0.05, 0.1) is 30.8 Å². The molecule has 2 atom stereocenters. The van der Waals surface area contributed by atoms with Crippen molar-refractivity contribution >= 4 is 0 Å². The number of aromatic nitrogens is 4. The highest BCUT2D eigenvalue weighted by molar-refractivity contribution is 5.05. The summed E-state index contributed by atoms with van der Waals surface area (Å²) in [6.07, 6.45) is 13.3. The molecule has 0 aromatic carbocycles. The number of hydrogen-bond donors (Lipinski definition) is 0. The SMILES string of the molecule is Cn1cc(CN2CCC[C@@]3(C[C@@H](n4ccnc4)CO3)C2)cn1. The Bertz CT molecular complexity index is 622. The number of rotatable bonds is 3. The Kier molecular flexibility index (Phi) is 3.50. The van der Waals surface area contributed by atoms with Gasteiger partial charge in [-0.15, -0.1) is 0 Å². The smallest absolute Gasteiger partial charge is 0.0949 e. The molecule has 0 saturated carbocycles. The average Bonchev–Trinajstić information content (AvgIpc) is 3.21. The summed E-state index contributed by atoms with van der Waals surface area (Å²) in [6, 6.07) is 0.431. The average molecular weight is 301 g/mol. The lowest BCUT2D eigenvalue weighted by atomic mass is 9.88. The predicted octanol–water partition coefficient (Wildman–Crippen LogP) is 1.61. The van der Waals surface area contributed by atoms with Crippen LogP contribution in [-0.2, 0) is 18.3 Å². The Hall–Kier alpha value is -1.66. The first kappa shape index (κ1) is 14.0. The van der Waals surface area contributed by atoms with E-state index in [-0.39, 0.29) is 5.60 Å². The summed E-state index contributed by atoms with van der Waals surface area (Å²) in [4.78, 5) is 6.67. The molecular weight excluding hydrogens is 278 g/mol. The number of likely N-dealkylation sites (tertiary alicyclic amines) is 1. The fraction of sp³-hybridized carbons (Fsp3) is 0.625. The molecule has 2 fully saturated rings. The molecule has 4 rings (SSSR count). The van der Waals surface area contributed by atoms with Gasteiger partial charge in [-0.2, -0.15) is 5.10 Å². The first-order valence-electron chi connectivity index (χ1n) is 8.04. The second kappa shape index (κ2) is 5.52. The second-order valence-corrected chi connectivity index (χ2v) is 6.70. The maximum absolute atomic E-state index is 6.28. The number of piperidine rings is 1. The normalized spacial score (nSPS) is 29.4. The Labute approximate surface area is 130 Å². The molecule has 0 bridgehead atoms. The molecule has 0 radical (unpaired) electrons. The summed E-state index contributed by atoms with van der Waals surface area (Å²) in [5.41, 5.74) is 1.30. The third-order valence-electron chi connectivity index (χ3n) is 4.92. The van der Waals surface area contributed by atoms with Crippen molar-refractivity contribution in [1.29, 1.82) is 0 Å². The monoisotopic (exact) mass is 301 g/mol. The standard InChI is InChI=1S/C16H23N5O/c1-19-9-14(8-18-19)10-20-5-2-3-16(12-20)7-15(11-22-16)21-6-4-17-13-21/h4,6,8-9,13,15H,2-3,5,7,10-12H2,1H3/t15-,16-/m1/s1. The van der Waals surface area contributed by atoms with Crippen molar-refractivity contribution in [3.05, 3.63) is 36.7 Å². The van der Waals surface area contributed by atoms with E-state index >= 15 is 0 Å². The van der Waals surface area contributed by atoms with Crippen molar-refractivity contribution < 1.29 is 4.74 Å². The quantitative estimate of drug-likeness (QED) is 0.864. The molecule has 4 heterocycles. The molecular formula is C16H23N5O. The lowest BCUT2D eigenvalue weighted by molar-refractivity contribution is -0.0534. The van der Waals surface area contributed by atoms with Crippen LogP contribution in [0, 0.1) is 0 Å². The molecule has 118 valence electrons. The highest BCUT2D eigenvalue weighted by Crippen LogP contribution is 2.39. The van der Waals surface area contributed by atoms with Crippen LogP contribution in [0.4, 0.5) is 0 Å². The third-order valence-corrected chi connectivity index (χ3v) is 4.92. The van der Waals surface area contributed by atoms with Gasteiger partial charge in [0.25, 0.3) is 0 Å². The van der Waals surface area contributed by atoms with E-state index in [1.54, 1.807) is 0 Å². The number of imidazole rings is 1. The Morgan fingerprint density at radius 1 is 1.45 bits per heavy atom. The van der Waals surface area contributed by atoms with E-state index in [0.717, 1.165) is 32.7 Å². The van der Waals surface area contributed by atoms with E-state index in [1.807, 2.05) is 36.6 Å². The van der Waals surface area contributed by atoms with Crippen LogP contribution in [0.2, 0.25) is 0 Å². The van der Waals surface area contributed by atoms with Crippen molar-refractivity contribution in [2.75, 3.05) is 19.7 Å². The number of nitrogens with zero attached hydrogens (tertiary/aromatic N) is 5. The highest BCUT2D eigenvalue weighted by atomic mass is 16.5. The molecule has 0 unspecified atom stereocenters. The fourth-order valence-corrected chi connectivity index (χ4v) is 3.92. The van der Waals surface area contributed by atoms with Crippen molar-refractivity contribution in [3.63, 3.8) is 0 Å². The zero-order valence-electron chi connectivity index (χ0n) is 13.1. The molecule has 6 heteroatoms. The minimum absolute atomic E-state index is 0.0232. The van der Waals surface area contributed by atoms with E-state index in [9.17, 15) is 0 Å². The molecule has 2 aliphatic heterocycles. The van der Waals surface area contributed by atoms with Crippen molar-refractivity contribution in [3.8, 4) is 0 Å². The summed E-state index contributed by atoms with van der Waals surface area (Å²) in [5, 5.41) is 4.27. The summed E-state index contributed by atoms with van der Waals surface area (Å²) in [5.74, 6) is 0. The summed E-state index contributed by atoms with van der Waals surface area (Å²) >= 11 is 0. The van der Waals surface area contributed by atoms with Crippen LogP contribution in [0.25, 0.3) is 0 Å². The summed E-state index contributed by atoms with van der Waals surface area (Å²) < 4.78 is 10.3. The van der Waals surface area contributed by atoms with E-state index in [0.29, 0.717) is 6.04 Å². The van der Waals surface area contributed by atoms with Crippen LogP contribution < -0.4 is 0 Å². The molecule has 2 aromatic heterocycles. The van der Waals surface area contributed by atoms with Crippen LogP contribution in [0.1, 0.15) is 30.9 Å². The maximum atomic E-state index is 6.28. The van der Waals surface area contributed by atoms with Gasteiger partial charge in [0, 0.05) is 50.7 Å². The van der Waals surface area contributed by atoms with Gasteiger partial charge in [-0.05, 0) is 19.4 Å². The molecule has 0 N–H and O–H groups in total. The summed E-state index contributed by atoms with van der Waals surface area (Å²) in [7, 11) is 1.97.